The first-order valence-electron chi connectivity index (χ1n) is 8.80. The molecule has 1 unspecified atom stereocenters. The maximum absolute atomic E-state index is 12.7. The molecule has 1 aliphatic heterocycles. The normalized spacial score (nSPS) is 18.4. The molecule has 2 aromatic rings. The third-order valence-corrected chi connectivity index (χ3v) is 4.53. The van der Waals surface area contributed by atoms with E-state index in [1.807, 2.05) is 34.7 Å². The van der Waals surface area contributed by atoms with E-state index in [0.717, 1.165) is 50.3 Å². The Labute approximate surface area is 142 Å². The van der Waals surface area contributed by atoms with Crippen LogP contribution in [0.3, 0.4) is 0 Å². The molecule has 6 nitrogen and oxygen atoms in total. The average molecular weight is 330 g/mol. The number of aromatic nitrogens is 2. The Balaban J connectivity index is 1.55. The number of urea groups is 1. The minimum absolute atomic E-state index is 0.0154. The summed E-state index contributed by atoms with van der Waals surface area (Å²) in [5.74, 6) is 1.80. The number of rotatable bonds is 5. The topological polar surface area (TPSA) is 63.3 Å². The molecule has 1 saturated heterocycles. The third-order valence-electron chi connectivity index (χ3n) is 4.53. The zero-order chi connectivity index (χ0) is 16.8. The van der Waals surface area contributed by atoms with Crippen LogP contribution in [0.15, 0.2) is 35.3 Å². The number of nitrogens with one attached hydrogen (secondary N) is 1. The number of likely N-dealkylation sites (tertiary alicyclic amines) is 1. The average Bonchev–Trinajstić information content (AvgIpc) is 3.18. The molecule has 0 spiro atoms. The summed E-state index contributed by atoms with van der Waals surface area (Å²) in [7, 11) is 0. The number of hydrogen-bond donors (Lipinski definition) is 1. The number of hydrogen-bond acceptors (Lipinski definition) is 3. The fraction of sp³-hybridized carbons (Fsp3) is 0.556. The van der Waals surface area contributed by atoms with Gasteiger partial charge in [-0.15, -0.1) is 0 Å². The van der Waals surface area contributed by atoms with Gasteiger partial charge in [-0.3, -0.25) is 0 Å². The molecule has 0 bridgehead atoms. The Morgan fingerprint density at radius 3 is 3.04 bits per heavy atom. The number of carbonyl (C=O) groups excluding carboxylic acids is 1. The molecular formula is C18H26N4O2. The van der Waals surface area contributed by atoms with Crippen molar-refractivity contribution in [1.29, 1.82) is 0 Å². The van der Waals surface area contributed by atoms with E-state index in [9.17, 15) is 4.79 Å². The number of aryl methyl sites for hydroxylation is 2. The van der Waals surface area contributed by atoms with Crippen LogP contribution in [0.25, 0.3) is 0 Å². The van der Waals surface area contributed by atoms with E-state index in [1.165, 1.54) is 6.42 Å². The molecule has 6 heteroatoms. The van der Waals surface area contributed by atoms with Crippen LogP contribution in [0.4, 0.5) is 4.79 Å². The van der Waals surface area contributed by atoms with E-state index < -0.39 is 0 Å². The van der Waals surface area contributed by atoms with Crippen molar-refractivity contribution < 1.29 is 9.21 Å². The minimum Gasteiger partial charge on any atom is -0.464 e. The number of carbonyl (C=O) groups is 1. The highest BCUT2D eigenvalue weighted by molar-refractivity contribution is 5.74. The highest BCUT2D eigenvalue weighted by atomic mass is 16.3. The van der Waals surface area contributed by atoms with Crippen molar-refractivity contribution in [3.8, 4) is 0 Å². The molecule has 1 aliphatic rings. The molecule has 1 atom stereocenters. The van der Waals surface area contributed by atoms with Crippen molar-refractivity contribution in [2.45, 2.75) is 51.6 Å². The van der Waals surface area contributed by atoms with Crippen LogP contribution in [0.5, 0.6) is 0 Å². The second-order valence-electron chi connectivity index (χ2n) is 6.39. The zero-order valence-electron chi connectivity index (χ0n) is 14.3. The van der Waals surface area contributed by atoms with Gasteiger partial charge in [0, 0.05) is 32.0 Å². The van der Waals surface area contributed by atoms with Crippen molar-refractivity contribution in [2.24, 2.45) is 0 Å². The Kier molecular flexibility index (Phi) is 5.56. The van der Waals surface area contributed by atoms with Crippen molar-refractivity contribution >= 4 is 6.03 Å². The van der Waals surface area contributed by atoms with Gasteiger partial charge in [0.05, 0.1) is 12.4 Å². The van der Waals surface area contributed by atoms with Gasteiger partial charge >= 0.3 is 6.03 Å². The van der Waals surface area contributed by atoms with Crippen LogP contribution in [-0.2, 0) is 6.54 Å². The Morgan fingerprint density at radius 1 is 1.38 bits per heavy atom. The lowest BCUT2D eigenvalue weighted by Gasteiger charge is -2.28. The largest absolute Gasteiger partial charge is 0.464 e. The smallest absolute Gasteiger partial charge is 0.318 e. The fourth-order valence-electron chi connectivity index (χ4n) is 3.26. The first kappa shape index (κ1) is 16.6. The Morgan fingerprint density at radius 2 is 2.29 bits per heavy atom. The highest BCUT2D eigenvalue weighted by Crippen LogP contribution is 2.31. The standard InChI is InChI=1S/C18H26N4O2/c1-15-7-8-17(24-15)16-6-3-2-4-12-22(16)18(23)20-9-5-11-21-13-10-19-14-21/h7-8,10,13-14,16H,2-6,9,11-12H2,1H3,(H,20,23). The summed E-state index contributed by atoms with van der Waals surface area (Å²) in [6, 6.07) is 4.04. The number of imidazole rings is 1. The number of nitrogens with zero attached hydrogens (tertiary/aromatic N) is 3. The van der Waals surface area contributed by atoms with Gasteiger partial charge in [0.15, 0.2) is 0 Å². The summed E-state index contributed by atoms with van der Waals surface area (Å²) < 4.78 is 7.82. The van der Waals surface area contributed by atoms with Gasteiger partial charge in [-0.1, -0.05) is 12.8 Å². The quantitative estimate of drug-likeness (QED) is 0.853. The Bertz CT molecular complexity index is 635. The SMILES string of the molecule is Cc1ccc(C2CCCCCN2C(=O)NCCCn2ccnc2)o1. The van der Waals surface area contributed by atoms with E-state index in [1.54, 1.807) is 12.5 Å². The fourth-order valence-corrected chi connectivity index (χ4v) is 3.26. The van der Waals surface area contributed by atoms with E-state index in [2.05, 4.69) is 10.3 Å². The first-order chi connectivity index (χ1) is 11.7. The predicted molar refractivity (Wildman–Crippen MR) is 91.6 cm³/mol. The second kappa shape index (κ2) is 8.04. The van der Waals surface area contributed by atoms with E-state index in [4.69, 9.17) is 4.42 Å². The van der Waals surface area contributed by atoms with Crippen LogP contribution >= 0.6 is 0 Å². The molecule has 0 saturated carbocycles. The minimum atomic E-state index is 0.0154. The molecule has 0 aromatic carbocycles. The summed E-state index contributed by atoms with van der Waals surface area (Å²) in [4.78, 5) is 18.6. The van der Waals surface area contributed by atoms with Gasteiger partial charge in [-0.05, 0) is 38.3 Å². The molecule has 24 heavy (non-hydrogen) atoms. The molecule has 0 radical (unpaired) electrons. The lowest BCUT2D eigenvalue weighted by molar-refractivity contribution is 0.165. The van der Waals surface area contributed by atoms with Gasteiger partial charge in [-0.25, -0.2) is 9.78 Å². The molecule has 2 amide bonds. The summed E-state index contributed by atoms with van der Waals surface area (Å²) in [5, 5.41) is 3.06. The lowest BCUT2D eigenvalue weighted by atomic mass is 10.1. The highest BCUT2D eigenvalue weighted by Gasteiger charge is 2.28. The summed E-state index contributed by atoms with van der Waals surface area (Å²) in [6.07, 6.45) is 10.7. The van der Waals surface area contributed by atoms with Gasteiger partial charge < -0.3 is 19.2 Å². The van der Waals surface area contributed by atoms with Crippen LogP contribution < -0.4 is 5.32 Å². The summed E-state index contributed by atoms with van der Waals surface area (Å²) in [5.41, 5.74) is 0. The van der Waals surface area contributed by atoms with Gasteiger partial charge in [-0.2, -0.15) is 0 Å². The molecule has 1 N–H and O–H groups in total. The van der Waals surface area contributed by atoms with Crippen molar-refractivity contribution in [1.82, 2.24) is 19.8 Å². The molecular weight excluding hydrogens is 304 g/mol. The van der Waals surface area contributed by atoms with E-state index in [0.29, 0.717) is 6.54 Å². The van der Waals surface area contributed by atoms with Gasteiger partial charge in [0.25, 0.3) is 0 Å². The molecule has 3 heterocycles. The first-order valence-corrected chi connectivity index (χ1v) is 8.80. The van der Waals surface area contributed by atoms with Crippen LogP contribution in [-0.4, -0.2) is 33.6 Å². The molecule has 130 valence electrons. The maximum atomic E-state index is 12.7. The molecule has 1 fully saturated rings. The third kappa shape index (κ3) is 4.19. The van der Waals surface area contributed by atoms with Crippen molar-refractivity contribution in [3.05, 3.63) is 42.4 Å². The van der Waals surface area contributed by atoms with E-state index >= 15 is 0 Å². The summed E-state index contributed by atoms with van der Waals surface area (Å²) >= 11 is 0. The van der Waals surface area contributed by atoms with Crippen molar-refractivity contribution in [2.75, 3.05) is 13.1 Å². The van der Waals surface area contributed by atoms with Crippen LogP contribution in [0, 0.1) is 6.92 Å². The molecule has 2 aromatic heterocycles. The predicted octanol–water partition coefficient (Wildman–Crippen LogP) is 3.50. The second-order valence-corrected chi connectivity index (χ2v) is 6.39. The zero-order valence-corrected chi connectivity index (χ0v) is 14.3. The molecule has 0 aliphatic carbocycles. The van der Waals surface area contributed by atoms with E-state index in [-0.39, 0.29) is 12.1 Å². The molecule has 3 rings (SSSR count). The van der Waals surface area contributed by atoms with Gasteiger partial charge in [0.1, 0.15) is 11.5 Å². The maximum Gasteiger partial charge on any atom is 0.318 e. The number of furan rings is 1. The van der Waals surface area contributed by atoms with Crippen LogP contribution in [0.2, 0.25) is 0 Å². The summed E-state index contributed by atoms with van der Waals surface area (Å²) in [6.45, 7) is 4.26. The monoisotopic (exact) mass is 330 g/mol. The Hall–Kier alpha value is -2.24. The number of amides is 2. The van der Waals surface area contributed by atoms with Crippen LogP contribution in [0.1, 0.15) is 49.7 Å². The lowest BCUT2D eigenvalue weighted by Crippen LogP contribution is -2.42. The van der Waals surface area contributed by atoms with Gasteiger partial charge in [0.2, 0.25) is 0 Å². The van der Waals surface area contributed by atoms with Crippen molar-refractivity contribution in [3.63, 3.8) is 0 Å².